The Balaban J connectivity index is 1.61. The van der Waals surface area contributed by atoms with Crippen molar-refractivity contribution < 1.29 is 19.0 Å². The summed E-state index contributed by atoms with van der Waals surface area (Å²) in [6.45, 7) is 1.45. The van der Waals surface area contributed by atoms with E-state index in [1.165, 1.54) is 5.56 Å². The number of anilines is 1. The van der Waals surface area contributed by atoms with Crippen molar-refractivity contribution in [3.05, 3.63) is 90.0 Å². The molecule has 0 aliphatic carbocycles. The molecule has 0 saturated carbocycles. The van der Waals surface area contributed by atoms with Crippen LogP contribution >= 0.6 is 0 Å². The molecule has 1 N–H and O–H groups in total. The number of carbonyl (C=O) groups is 1. The summed E-state index contributed by atoms with van der Waals surface area (Å²) in [6, 6.07) is 24.6. The lowest BCUT2D eigenvalue weighted by molar-refractivity contribution is 0.102. The van der Waals surface area contributed by atoms with Gasteiger partial charge in [0, 0.05) is 25.3 Å². The standard InChI is InChI=1S/C24H25NO4/c1-27-16-17-28-21-11-7-10-20(18-21)25-24(26)22-12-5-6-13-23(22)29-15-14-19-8-3-2-4-9-19/h2-13,18H,14-17H2,1H3,(H,25,26). The second-order valence-electron chi connectivity index (χ2n) is 6.40. The molecular formula is C24H25NO4. The molecule has 0 aliphatic rings. The first kappa shape index (κ1) is 20.4. The molecule has 0 unspecified atom stereocenters. The highest BCUT2D eigenvalue weighted by molar-refractivity contribution is 6.06. The van der Waals surface area contributed by atoms with Crippen molar-refractivity contribution in [1.29, 1.82) is 0 Å². The smallest absolute Gasteiger partial charge is 0.259 e. The molecule has 3 aromatic rings. The normalized spacial score (nSPS) is 10.4. The molecule has 5 heteroatoms. The van der Waals surface area contributed by atoms with E-state index in [4.69, 9.17) is 14.2 Å². The van der Waals surface area contributed by atoms with E-state index in [2.05, 4.69) is 17.4 Å². The number of nitrogens with one attached hydrogen (secondary N) is 1. The second-order valence-corrected chi connectivity index (χ2v) is 6.40. The number of hydrogen-bond donors (Lipinski definition) is 1. The van der Waals surface area contributed by atoms with E-state index < -0.39 is 0 Å². The van der Waals surface area contributed by atoms with Crippen molar-refractivity contribution in [1.82, 2.24) is 0 Å². The van der Waals surface area contributed by atoms with Gasteiger partial charge in [-0.3, -0.25) is 4.79 Å². The molecule has 150 valence electrons. The molecule has 0 saturated heterocycles. The summed E-state index contributed by atoms with van der Waals surface area (Å²) in [4.78, 5) is 12.8. The summed E-state index contributed by atoms with van der Waals surface area (Å²) < 4.78 is 16.5. The molecule has 0 atom stereocenters. The van der Waals surface area contributed by atoms with E-state index in [1.807, 2.05) is 54.6 Å². The molecular weight excluding hydrogens is 366 g/mol. The first-order valence-electron chi connectivity index (χ1n) is 9.55. The van der Waals surface area contributed by atoms with E-state index >= 15 is 0 Å². The van der Waals surface area contributed by atoms with Crippen molar-refractivity contribution >= 4 is 11.6 Å². The molecule has 0 aliphatic heterocycles. The number of carbonyl (C=O) groups excluding carboxylic acids is 1. The molecule has 0 aromatic heterocycles. The molecule has 3 rings (SSSR count). The van der Waals surface area contributed by atoms with E-state index in [0.717, 1.165) is 6.42 Å². The number of methoxy groups -OCH3 is 1. The second kappa shape index (κ2) is 10.9. The average Bonchev–Trinajstić information content (AvgIpc) is 2.75. The highest BCUT2D eigenvalue weighted by atomic mass is 16.5. The molecule has 0 spiro atoms. The van der Waals surface area contributed by atoms with Crippen LogP contribution in [0.5, 0.6) is 11.5 Å². The molecule has 5 nitrogen and oxygen atoms in total. The third kappa shape index (κ3) is 6.36. The number of hydrogen-bond acceptors (Lipinski definition) is 4. The number of benzene rings is 3. The fourth-order valence-electron chi connectivity index (χ4n) is 2.81. The van der Waals surface area contributed by atoms with Crippen LogP contribution in [-0.4, -0.2) is 32.8 Å². The van der Waals surface area contributed by atoms with Gasteiger partial charge in [0.25, 0.3) is 5.91 Å². The van der Waals surface area contributed by atoms with Crippen LogP contribution in [0.3, 0.4) is 0 Å². The zero-order chi connectivity index (χ0) is 20.3. The predicted octanol–water partition coefficient (Wildman–Crippen LogP) is 4.59. The lowest BCUT2D eigenvalue weighted by atomic mass is 10.1. The fraction of sp³-hybridized carbons (Fsp3) is 0.208. The van der Waals surface area contributed by atoms with Gasteiger partial charge in [-0.15, -0.1) is 0 Å². The first-order chi connectivity index (χ1) is 14.3. The Morgan fingerprint density at radius 2 is 1.62 bits per heavy atom. The van der Waals surface area contributed by atoms with Gasteiger partial charge < -0.3 is 19.5 Å². The topological polar surface area (TPSA) is 56.8 Å². The Morgan fingerprint density at radius 1 is 0.828 bits per heavy atom. The van der Waals surface area contributed by atoms with Crippen LogP contribution in [0.4, 0.5) is 5.69 Å². The highest BCUT2D eigenvalue weighted by Crippen LogP contribution is 2.22. The number of ether oxygens (including phenoxy) is 3. The van der Waals surface area contributed by atoms with Crippen LogP contribution in [-0.2, 0) is 11.2 Å². The first-order valence-corrected chi connectivity index (χ1v) is 9.55. The van der Waals surface area contributed by atoms with Crippen LogP contribution in [0.1, 0.15) is 15.9 Å². The summed E-state index contributed by atoms with van der Waals surface area (Å²) in [5.41, 5.74) is 2.34. The van der Waals surface area contributed by atoms with Crippen molar-refractivity contribution in [2.45, 2.75) is 6.42 Å². The van der Waals surface area contributed by atoms with Gasteiger partial charge in [-0.25, -0.2) is 0 Å². The largest absolute Gasteiger partial charge is 0.492 e. The minimum absolute atomic E-state index is 0.227. The third-order valence-corrected chi connectivity index (χ3v) is 4.27. The van der Waals surface area contributed by atoms with Crippen LogP contribution in [0.15, 0.2) is 78.9 Å². The van der Waals surface area contributed by atoms with Gasteiger partial charge >= 0.3 is 0 Å². The zero-order valence-electron chi connectivity index (χ0n) is 16.5. The van der Waals surface area contributed by atoms with Gasteiger partial charge in [0.1, 0.15) is 18.1 Å². The Labute approximate surface area is 171 Å². The Hall–Kier alpha value is -3.31. The maximum atomic E-state index is 12.8. The molecule has 29 heavy (non-hydrogen) atoms. The summed E-state index contributed by atoms with van der Waals surface area (Å²) in [7, 11) is 1.62. The van der Waals surface area contributed by atoms with Crippen LogP contribution in [0.25, 0.3) is 0 Å². The van der Waals surface area contributed by atoms with E-state index in [-0.39, 0.29) is 5.91 Å². The fourth-order valence-corrected chi connectivity index (χ4v) is 2.81. The predicted molar refractivity (Wildman–Crippen MR) is 114 cm³/mol. The Morgan fingerprint density at radius 3 is 2.45 bits per heavy atom. The van der Waals surface area contributed by atoms with Crippen molar-refractivity contribution in [3.63, 3.8) is 0 Å². The van der Waals surface area contributed by atoms with Gasteiger partial charge in [-0.1, -0.05) is 48.5 Å². The molecule has 3 aromatic carbocycles. The Bertz CT molecular complexity index is 912. The SMILES string of the molecule is COCCOc1cccc(NC(=O)c2ccccc2OCCc2ccccc2)c1. The molecule has 1 amide bonds. The van der Waals surface area contributed by atoms with E-state index in [1.54, 1.807) is 19.2 Å². The lowest BCUT2D eigenvalue weighted by Gasteiger charge is -2.12. The zero-order valence-corrected chi connectivity index (χ0v) is 16.5. The summed E-state index contributed by atoms with van der Waals surface area (Å²) >= 11 is 0. The Kier molecular flexibility index (Phi) is 7.66. The van der Waals surface area contributed by atoms with Gasteiger partial charge in [-0.2, -0.15) is 0 Å². The third-order valence-electron chi connectivity index (χ3n) is 4.27. The minimum atomic E-state index is -0.227. The van der Waals surface area contributed by atoms with Crippen LogP contribution in [0, 0.1) is 0 Å². The molecule has 0 radical (unpaired) electrons. The highest BCUT2D eigenvalue weighted by Gasteiger charge is 2.13. The number of amides is 1. The lowest BCUT2D eigenvalue weighted by Crippen LogP contribution is -2.14. The summed E-state index contributed by atoms with van der Waals surface area (Å²) in [6.07, 6.45) is 0.775. The summed E-state index contributed by atoms with van der Waals surface area (Å²) in [5.74, 6) is 1.01. The van der Waals surface area contributed by atoms with Gasteiger partial charge in [-0.05, 0) is 29.8 Å². The minimum Gasteiger partial charge on any atom is -0.492 e. The quantitative estimate of drug-likeness (QED) is 0.514. The maximum Gasteiger partial charge on any atom is 0.259 e. The molecule has 0 fully saturated rings. The monoisotopic (exact) mass is 391 g/mol. The van der Waals surface area contributed by atoms with Gasteiger partial charge in [0.2, 0.25) is 0 Å². The molecule has 0 bridgehead atoms. The van der Waals surface area contributed by atoms with Gasteiger partial charge in [0.15, 0.2) is 0 Å². The van der Waals surface area contributed by atoms with E-state index in [0.29, 0.717) is 42.6 Å². The molecule has 0 heterocycles. The van der Waals surface area contributed by atoms with Crippen molar-refractivity contribution in [2.75, 3.05) is 32.2 Å². The maximum absolute atomic E-state index is 12.8. The van der Waals surface area contributed by atoms with Crippen molar-refractivity contribution in [2.24, 2.45) is 0 Å². The van der Waals surface area contributed by atoms with Crippen molar-refractivity contribution in [3.8, 4) is 11.5 Å². The number of para-hydroxylation sites is 1. The summed E-state index contributed by atoms with van der Waals surface area (Å²) in [5, 5.41) is 2.91. The average molecular weight is 391 g/mol. The number of rotatable bonds is 10. The van der Waals surface area contributed by atoms with Gasteiger partial charge in [0.05, 0.1) is 18.8 Å². The van der Waals surface area contributed by atoms with Crippen LogP contribution < -0.4 is 14.8 Å². The van der Waals surface area contributed by atoms with E-state index in [9.17, 15) is 4.79 Å². The van der Waals surface area contributed by atoms with Crippen LogP contribution in [0.2, 0.25) is 0 Å².